The Labute approximate surface area is 233 Å². The molecule has 3 heteroatoms. The van der Waals surface area contributed by atoms with Gasteiger partial charge in [0.2, 0.25) is 5.95 Å². The maximum Gasteiger partial charge on any atom is 0.235 e. The fraction of sp³-hybridized carbons (Fsp3) is 0.0811. The smallest absolute Gasteiger partial charge is 0.235 e. The van der Waals surface area contributed by atoms with Gasteiger partial charge in [-0.3, -0.25) is 4.57 Å². The molecule has 2 heterocycles. The van der Waals surface area contributed by atoms with Crippen molar-refractivity contribution in [3.05, 3.63) is 139 Å². The lowest BCUT2D eigenvalue weighted by molar-refractivity contribution is 0.666. The molecule has 0 unspecified atom stereocenters. The number of para-hydroxylation sites is 1. The number of aromatic nitrogens is 3. The van der Waals surface area contributed by atoms with E-state index in [4.69, 9.17) is 9.97 Å². The summed E-state index contributed by atoms with van der Waals surface area (Å²) < 4.78 is 2.29. The van der Waals surface area contributed by atoms with Crippen molar-refractivity contribution >= 4 is 21.8 Å². The molecule has 0 bridgehead atoms. The van der Waals surface area contributed by atoms with Gasteiger partial charge in [0.25, 0.3) is 0 Å². The first-order valence-corrected chi connectivity index (χ1v) is 13.8. The predicted molar refractivity (Wildman–Crippen MR) is 165 cm³/mol. The molecule has 40 heavy (non-hydrogen) atoms. The highest BCUT2D eigenvalue weighted by Crippen LogP contribution is 2.53. The van der Waals surface area contributed by atoms with E-state index in [1.165, 1.54) is 33.3 Å². The van der Waals surface area contributed by atoms with Crippen molar-refractivity contribution in [2.24, 2.45) is 0 Å². The highest BCUT2D eigenvalue weighted by Gasteiger charge is 2.40. The zero-order chi connectivity index (χ0) is 26.8. The van der Waals surface area contributed by atoms with Crippen molar-refractivity contribution in [3.8, 4) is 39.6 Å². The summed E-state index contributed by atoms with van der Waals surface area (Å²) in [5.41, 5.74) is 11.4. The Morgan fingerprint density at radius 2 is 1.25 bits per heavy atom. The molecule has 0 amide bonds. The molecule has 0 N–H and O–H groups in total. The van der Waals surface area contributed by atoms with Crippen LogP contribution in [0.3, 0.4) is 0 Å². The van der Waals surface area contributed by atoms with Crippen LogP contribution in [0.1, 0.15) is 25.0 Å². The number of rotatable bonds is 3. The number of nitrogens with zero attached hydrogens (tertiary/aromatic N) is 3. The lowest BCUT2D eigenvalue weighted by atomic mass is 9.81. The Bertz CT molecular complexity index is 2070. The first-order valence-electron chi connectivity index (χ1n) is 13.8. The predicted octanol–water partition coefficient (Wildman–Crippen LogP) is 9.21. The van der Waals surface area contributed by atoms with E-state index in [-0.39, 0.29) is 5.41 Å². The Balaban J connectivity index is 1.48. The van der Waals surface area contributed by atoms with Crippen LogP contribution in [0.5, 0.6) is 0 Å². The molecule has 0 atom stereocenters. The molecular weight excluding hydrogens is 486 g/mol. The molecule has 0 radical (unpaired) electrons. The van der Waals surface area contributed by atoms with Gasteiger partial charge in [-0.05, 0) is 40.5 Å². The number of benzene rings is 5. The SMILES string of the molecule is CC1(C)c2ccccc2-c2c1c1ccccc1n2-c1nc(-c2ccccc2)c2ccc(-c3ccccc3)cc2n1. The third kappa shape index (κ3) is 3.24. The van der Waals surface area contributed by atoms with Crippen LogP contribution in [-0.2, 0) is 5.41 Å². The summed E-state index contributed by atoms with van der Waals surface area (Å²) >= 11 is 0. The van der Waals surface area contributed by atoms with Crippen molar-refractivity contribution in [2.75, 3.05) is 0 Å². The maximum absolute atomic E-state index is 5.32. The van der Waals surface area contributed by atoms with Crippen LogP contribution in [0.4, 0.5) is 0 Å². The third-order valence-corrected chi connectivity index (χ3v) is 8.39. The average Bonchev–Trinajstić information content (AvgIpc) is 3.48. The summed E-state index contributed by atoms with van der Waals surface area (Å²) in [4.78, 5) is 10.6. The van der Waals surface area contributed by atoms with E-state index in [0.29, 0.717) is 5.95 Å². The molecule has 1 aliphatic carbocycles. The van der Waals surface area contributed by atoms with Gasteiger partial charge in [0.15, 0.2) is 0 Å². The molecule has 5 aromatic carbocycles. The van der Waals surface area contributed by atoms with E-state index in [9.17, 15) is 0 Å². The summed E-state index contributed by atoms with van der Waals surface area (Å²) in [7, 11) is 0. The van der Waals surface area contributed by atoms with Gasteiger partial charge < -0.3 is 0 Å². The molecule has 0 saturated carbocycles. The van der Waals surface area contributed by atoms with E-state index in [1.54, 1.807) is 0 Å². The molecule has 0 fully saturated rings. The second kappa shape index (κ2) is 8.49. The molecule has 7 aromatic rings. The van der Waals surface area contributed by atoms with Crippen molar-refractivity contribution < 1.29 is 0 Å². The van der Waals surface area contributed by atoms with Crippen LogP contribution < -0.4 is 0 Å². The third-order valence-electron chi connectivity index (χ3n) is 8.39. The minimum Gasteiger partial charge on any atom is -0.278 e. The highest BCUT2D eigenvalue weighted by molar-refractivity contribution is 6.00. The van der Waals surface area contributed by atoms with Crippen molar-refractivity contribution in [3.63, 3.8) is 0 Å². The van der Waals surface area contributed by atoms with Crippen LogP contribution in [0, 0.1) is 0 Å². The van der Waals surface area contributed by atoms with E-state index in [1.807, 2.05) is 6.07 Å². The van der Waals surface area contributed by atoms with Crippen molar-refractivity contribution in [2.45, 2.75) is 19.3 Å². The Hall–Kier alpha value is -5.02. The second-order valence-corrected chi connectivity index (χ2v) is 11.1. The van der Waals surface area contributed by atoms with E-state index in [0.717, 1.165) is 33.2 Å². The molecule has 8 rings (SSSR count). The van der Waals surface area contributed by atoms with E-state index >= 15 is 0 Å². The lowest BCUT2D eigenvalue weighted by Gasteiger charge is -2.21. The molecule has 1 aliphatic rings. The van der Waals surface area contributed by atoms with Gasteiger partial charge in [0.1, 0.15) is 0 Å². The average molecular weight is 514 g/mol. The summed E-state index contributed by atoms with van der Waals surface area (Å²) in [6.07, 6.45) is 0. The van der Waals surface area contributed by atoms with Crippen molar-refractivity contribution in [1.29, 1.82) is 0 Å². The summed E-state index contributed by atoms with van der Waals surface area (Å²) in [5.74, 6) is 0.696. The molecule has 0 aliphatic heterocycles. The summed E-state index contributed by atoms with van der Waals surface area (Å²) in [6, 6.07) is 45.0. The largest absolute Gasteiger partial charge is 0.278 e. The Kier molecular flexibility index (Phi) is 4.86. The van der Waals surface area contributed by atoms with Gasteiger partial charge in [-0.1, -0.05) is 123 Å². The van der Waals surface area contributed by atoms with Crippen molar-refractivity contribution in [1.82, 2.24) is 14.5 Å². The number of hydrogen-bond acceptors (Lipinski definition) is 2. The minimum absolute atomic E-state index is 0.129. The fourth-order valence-corrected chi connectivity index (χ4v) is 6.55. The highest BCUT2D eigenvalue weighted by atomic mass is 15.2. The van der Waals surface area contributed by atoms with Crippen LogP contribution in [0.15, 0.2) is 127 Å². The summed E-state index contributed by atoms with van der Waals surface area (Å²) in [6.45, 7) is 4.66. The van der Waals surface area contributed by atoms with Crippen LogP contribution in [0.2, 0.25) is 0 Å². The molecule has 2 aromatic heterocycles. The molecule has 0 saturated heterocycles. The molecule has 0 spiro atoms. The Morgan fingerprint density at radius 1 is 0.575 bits per heavy atom. The first-order chi connectivity index (χ1) is 19.6. The summed E-state index contributed by atoms with van der Waals surface area (Å²) in [5, 5.41) is 2.30. The van der Waals surface area contributed by atoms with Crippen LogP contribution in [0.25, 0.3) is 61.4 Å². The lowest BCUT2D eigenvalue weighted by Crippen LogP contribution is -2.14. The fourth-order valence-electron chi connectivity index (χ4n) is 6.55. The topological polar surface area (TPSA) is 30.7 Å². The first kappa shape index (κ1) is 22.9. The van der Waals surface area contributed by atoms with Crippen LogP contribution >= 0.6 is 0 Å². The van der Waals surface area contributed by atoms with Gasteiger partial charge in [0.05, 0.1) is 22.4 Å². The van der Waals surface area contributed by atoms with Gasteiger partial charge in [-0.2, -0.15) is 0 Å². The number of fused-ring (bicyclic) bond motifs is 6. The molecule has 3 nitrogen and oxygen atoms in total. The zero-order valence-corrected chi connectivity index (χ0v) is 22.5. The minimum atomic E-state index is -0.129. The van der Waals surface area contributed by atoms with Gasteiger partial charge in [-0.15, -0.1) is 0 Å². The van der Waals surface area contributed by atoms with Gasteiger partial charge >= 0.3 is 0 Å². The van der Waals surface area contributed by atoms with Gasteiger partial charge in [0, 0.05) is 27.3 Å². The monoisotopic (exact) mass is 513 g/mol. The second-order valence-electron chi connectivity index (χ2n) is 11.1. The number of hydrogen-bond donors (Lipinski definition) is 0. The van der Waals surface area contributed by atoms with Gasteiger partial charge in [-0.25, -0.2) is 9.97 Å². The van der Waals surface area contributed by atoms with E-state index < -0.39 is 0 Å². The molecule has 190 valence electrons. The Morgan fingerprint density at radius 3 is 2.05 bits per heavy atom. The quantitative estimate of drug-likeness (QED) is 0.236. The van der Waals surface area contributed by atoms with E-state index in [2.05, 4.69) is 140 Å². The standard InChI is InChI=1S/C37H27N3/c1-37(2)30-19-11-9-17-27(30)35-33(37)29-18-10-12-20-32(29)40(35)36-38-31-23-26(24-13-5-3-6-14-24)21-22-28(31)34(39-36)25-15-7-4-8-16-25/h3-23H,1-2H3. The van der Waals surface area contributed by atoms with Crippen LogP contribution in [-0.4, -0.2) is 14.5 Å². The maximum atomic E-state index is 5.32. The molecular formula is C37H27N3. The zero-order valence-electron chi connectivity index (χ0n) is 22.5. The normalized spacial score (nSPS) is 13.4.